The summed E-state index contributed by atoms with van der Waals surface area (Å²) in [4.78, 5) is 28.0. The largest absolute Gasteiger partial charge is 0.353 e. The SMILES string of the molecule is O=C1CNC(C(=O)N2CCN3CCCCC3C2)CN1. The van der Waals surface area contributed by atoms with Gasteiger partial charge in [0, 0.05) is 32.2 Å². The van der Waals surface area contributed by atoms with Crippen LogP contribution in [0.5, 0.6) is 0 Å². The third-order valence-corrected chi connectivity index (χ3v) is 4.46. The van der Waals surface area contributed by atoms with Crippen molar-refractivity contribution in [1.82, 2.24) is 20.4 Å². The van der Waals surface area contributed by atoms with Crippen LogP contribution in [0.15, 0.2) is 0 Å². The van der Waals surface area contributed by atoms with Crippen molar-refractivity contribution < 1.29 is 9.59 Å². The van der Waals surface area contributed by atoms with Crippen molar-refractivity contribution in [1.29, 1.82) is 0 Å². The molecule has 0 saturated carbocycles. The molecule has 3 heterocycles. The number of nitrogens with one attached hydrogen (secondary N) is 2. The van der Waals surface area contributed by atoms with Gasteiger partial charge in [0.1, 0.15) is 6.04 Å². The van der Waals surface area contributed by atoms with Crippen molar-refractivity contribution >= 4 is 11.8 Å². The molecule has 0 radical (unpaired) electrons. The molecule has 2 N–H and O–H groups in total. The zero-order valence-electron chi connectivity index (χ0n) is 11.2. The van der Waals surface area contributed by atoms with Gasteiger partial charge < -0.3 is 10.2 Å². The average Bonchev–Trinajstić information content (AvgIpc) is 2.47. The smallest absolute Gasteiger partial charge is 0.241 e. The molecule has 0 aliphatic carbocycles. The topological polar surface area (TPSA) is 64.7 Å². The number of piperidine rings is 1. The molecule has 2 amide bonds. The summed E-state index contributed by atoms with van der Waals surface area (Å²) in [5.74, 6) is 0.117. The Kier molecular flexibility index (Phi) is 3.70. The summed E-state index contributed by atoms with van der Waals surface area (Å²) in [6.45, 7) is 4.52. The van der Waals surface area contributed by atoms with Crippen LogP contribution in [-0.2, 0) is 9.59 Å². The van der Waals surface area contributed by atoms with E-state index in [2.05, 4.69) is 15.5 Å². The standard InChI is InChI=1S/C13H22N4O2/c18-12-8-14-11(7-15-12)13(19)17-6-5-16-4-2-1-3-10(16)9-17/h10-11,14H,1-9H2,(H,15,18). The van der Waals surface area contributed by atoms with Gasteiger partial charge in [-0.3, -0.25) is 19.8 Å². The zero-order valence-corrected chi connectivity index (χ0v) is 11.2. The third kappa shape index (κ3) is 2.74. The maximum atomic E-state index is 12.4. The van der Waals surface area contributed by atoms with E-state index in [4.69, 9.17) is 0 Å². The van der Waals surface area contributed by atoms with E-state index in [-0.39, 0.29) is 24.4 Å². The molecule has 0 aromatic heterocycles. The Balaban J connectivity index is 1.57. The summed E-state index contributed by atoms with van der Waals surface area (Å²) < 4.78 is 0. The number of carbonyl (C=O) groups is 2. The van der Waals surface area contributed by atoms with Gasteiger partial charge in [0.15, 0.2) is 0 Å². The molecule has 0 aromatic carbocycles. The minimum atomic E-state index is -0.243. The highest BCUT2D eigenvalue weighted by Gasteiger charge is 2.34. The molecule has 3 aliphatic heterocycles. The highest BCUT2D eigenvalue weighted by atomic mass is 16.2. The van der Waals surface area contributed by atoms with Gasteiger partial charge in [-0.05, 0) is 19.4 Å². The first kappa shape index (κ1) is 12.9. The molecule has 3 saturated heterocycles. The number of nitrogens with zero attached hydrogens (tertiary/aromatic N) is 2. The van der Waals surface area contributed by atoms with Gasteiger partial charge in [0.05, 0.1) is 6.54 Å². The van der Waals surface area contributed by atoms with E-state index in [0.717, 1.165) is 19.6 Å². The van der Waals surface area contributed by atoms with Crippen molar-refractivity contribution in [2.75, 3.05) is 39.3 Å². The predicted octanol–water partition coefficient (Wildman–Crippen LogP) is -1.23. The minimum absolute atomic E-state index is 0.0267. The Hall–Kier alpha value is -1.14. The fourth-order valence-corrected chi connectivity index (χ4v) is 3.32. The number of fused-ring (bicyclic) bond motifs is 1. The molecule has 0 bridgehead atoms. The second-order valence-electron chi connectivity index (χ2n) is 5.71. The molecular weight excluding hydrogens is 244 g/mol. The number of hydrogen-bond donors (Lipinski definition) is 2. The molecule has 3 aliphatic rings. The van der Waals surface area contributed by atoms with Crippen LogP contribution in [-0.4, -0.2) is 73.0 Å². The fraction of sp³-hybridized carbons (Fsp3) is 0.846. The van der Waals surface area contributed by atoms with Gasteiger partial charge in [-0.1, -0.05) is 6.42 Å². The van der Waals surface area contributed by atoms with Gasteiger partial charge in [0.2, 0.25) is 11.8 Å². The number of carbonyl (C=O) groups excluding carboxylic acids is 2. The second-order valence-corrected chi connectivity index (χ2v) is 5.71. The highest BCUT2D eigenvalue weighted by molar-refractivity contribution is 5.86. The maximum Gasteiger partial charge on any atom is 0.241 e. The van der Waals surface area contributed by atoms with E-state index in [9.17, 15) is 9.59 Å². The molecule has 19 heavy (non-hydrogen) atoms. The van der Waals surface area contributed by atoms with Crippen LogP contribution >= 0.6 is 0 Å². The lowest BCUT2D eigenvalue weighted by Crippen LogP contribution is -2.63. The molecule has 106 valence electrons. The first-order valence-electron chi connectivity index (χ1n) is 7.27. The van der Waals surface area contributed by atoms with Crippen LogP contribution in [0.1, 0.15) is 19.3 Å². The minimum Gasteiger partial charge on any atom is -0.353 e. The number of amides is 2. The predicted molar refractivity (Wildman–Crippen MR) is 70.6 cm³/mol. The Morgan fingerprint density at radius 3 is 2.89 bits per heavy atom. The Morgan fingerprint density at radius 1 is 1.21 bits per heavy atom. The quantitative estimate of drug-likeness (QED) is 0.624. The van der Waals surface area contributed by atoms with Crippen molar-refractivity contribution in [2.45, 2.75) is 31.3 Å². The number of piperazine rings is 2. The van der Waals surface area contributed by atoms with E-state index < -0.39 is 0 Å². The molecule has 3 rings (SSSR count). The molecule has 0 aromatic rings. The van der Waals surface area contributed by atoms with Gasteiger partial charge in [-0.2, -0.15) is 0 Å². The monoisotopic (exact) mass is 266 g/mol. The molecule has 0 spiro atoms. The van der Waals surface area contributed by atoms with Crippen molar-refractivity contribution in [3.8, 4) is 0 Å². The van der Waals surface area contributed by atoms with Crippen LogP contribution in [0.4, 0.5) is 0 Å². The third-order valence-electron chi connectivity index (χ3n) is 4.46. The van der Waals surface area contributed by atoms with E-state index in [1.807, 2.05) is 4.90 Å². The van der Waals surface area contributed by atoms with Gasteiger partial charge in [-0.25, -0.2) is 0 Å². The van der Waals surface area contributed by atoms with Crippen LogP contribution < -0.4 is 10.6 Å². The van der Waals surface area contributed by atoms with Gasteiger partial charge in [-0.15, -0.1) is 0 Å². The Bertz CT molecular complexity index is 364. The molecule has 6 nitrogen and oxygen atoms in total. The summed E-state index contributed by atoms with van der Waals surface area (Å²) >= 11 is 0. The molecule has 2 atom stereocenters. The molecule has 3 fully saturated rings. The van der Waals surface area contributed by atoms with Crippen LogP contribution in [0.2, 0.25) is 0 Å². The van der Waals surface area contributed by atoms with Gasteiger partial charge in [0.25, 0.3) is 0 Å². The number of rotatable bonds is 1. The zero-order chi connectivity index (χ0) is 13.2. The molecule has 6 heteroatoms. The Morgan fingerprint density at radius 2 is 2.11 bits per heavy atom. The second kappa shape index (κ2) is 5.46. The summed E-state index contributed by atoms with van der Waals surface area (Å²) in [6, 6.07) is 0.303. The van der Waals surface area contributed by atoms with Crippen molar-refractivity contribution in [3.63, 3.8) is 0 Å². The highest BCUT2D eigenvalue weighted by Crippen LogP contribution is 2.21. The van der Waals surface area contributed by atoms with Crippen molar-refractivity contribution in [3.05, 3.63) is 0 Å². The lowest BCUT2D eigenvalue weighted by molar-refractivity contribution is -0.138. The summed E-state index contributed by atoms with van der Waals surface area (Å²) in [5.41, 5.74) is 0. The van der Waals surface area contributed by atoms with Crippen LogP contribution in [0, 0.1) is 0 Å². The normalized spacial score (nSPS) is 32.6. The van der Waals surface area contributed by atoms with Crippen molar-refractivity contribution in [2.24, 2.45) is 0 Å². The fourth-order valence-electron chi connectivity index (χ4n) is 3.32. The van der Waals surface area contributed by atoms with E-state index in [1.165, 1.54) is 25.8 Å². The average molecular weight is 266 g/mol. The number of hydrogen-bond acceptors (Lipinski definition) is 4. The molecule has 2 unspecified atom stereocenters. The first-order valence-corrected chi connectivity index (χ1v) is 7.27. The van der Waals surface area contributed by atoms with Crippen LogP contribution in [0.3, 0.4) is 0 Å². The van der Waals surface area contributed by atoms with E-state index >= 15 is 0 Å². The van der Waals surface area contributed by atoms with Gasteiger partial charge >= 0.3 is 0 Å². The molecular formula is C13H22N4O2. The maximum absolute atomic E-state index is 12.4. The lowest BCUT2D eigenvalue weighted by Gasteiger charge is -2.45. The van der Waals surface area contributed by atoms with E-state index in [1.54, 1.807) is 0 Å². The summed E-state index contributed by atoms with van der Waals surface area (Å²) in [5, 5.41) is 5.77. The lowest BCUT2D eigenvalue weighted by atomic mass is 9.99. The summed E-state index contributed by atoms with van der Waals surface area (Å²) in [7, 11) is 0. The van der Waals surface area contributed by atoms with E-state index in [0.29, 0.717) is 12.6 Å². The Labute approximate surface area is 113 Å². The summed E-state index contributed by atoms with van der Waals surface area (Å²) in [6.07, 6.45) is 3.78. The van der Waals surface area contributed by atoms with Crippen LogP contribution in [0.25, 0.3) is 0 Å². The first-order chi connectivity index (χ1) is 9.24.